The molecule has 188 valence electrons. The predicted molar refractivity (Wildman–Crippen MR) is 149 cm³/mol. The van der Waals surface area contributed by atoms with E-state index in [1.54, 1.807) is 24.3 Å². The summed E-state index contributed by atoms with van der Waals surface area (Å²) in [5, 5.41) is 0. The summed E-state index contributed by atoms with van der Waals surface area (Å²) in [5.74, 6) is -0.261. The number of hydrogen-bond acceptors (Lipinski definition) is 5. The fourth-order valence-corrected chi connectivity index (χ4v) is 5.16. The second-order valence-corrected chi connectivity index (χ2v) is 11.3. The monoisotopic (exact) mass is 503 g/mol. The highest BCUT2D eigenvalue weighted by Crippen LogP contribution is 2.31. The topological polar surface area (TPSA) is 69.7 Å². The van der Waals surface area contributed by atoms with E-state index in [-0.39, 0.29) is 11.5 Å². The van der Waals surface area contributed by atoms with Gasteiger partial charge in [0.05, 0.1) is 11.9 Å². The number of piperazine rings is 1. The number of anilines is 2. The van der Waals surface area contributed by atoms with E-state index in [1.165, 1.54) is 17.2 Å². The van der Waals surface area contributed by atoms with Gasteiger partial charge in [-0.2, -0.15) is 0 Å². The summed E-state index contributed by atoms with van der Waals surface area (Å²) in [7, 11) is -1.38. The molecule has 1 N–H and O–H groups in total. The molecule has 0 amide bonds. The summed E-state index contributed by atoms with van der Waals surface area (Å²) >= 11 is 0. The summed E-state index contributed by atoms with van der Waals surface area (Å²) in [4.78, 5) is 17.8. The van der Waals surface area contributed by atoms with Gasteiger partial charge < -0.3 is 9.80 Å². The Kier molecular flexibility index (Phi) is 7.62. The maximum Gasteiger partial charge on any atom is 0.229 e. The Labute approximate surface area is 214 Å². The number of hydrogen-bond donors (Lipinski definition) is 1. The number of likely N-dealkylation sites (N-methyl/N-ethyl adjacent to an activating group) is 1. The van der Waals surface area contributed by atoms with Gasteiger partial charge in [0.1, 0.15) is 0 Å². The van der Waals surface area contributed by atoms with Crippen molar-refractivity contribution >= 4 is 33.3 Å². The van der Waals surface area contributed by atoms with Gasteiger partial charge in [0.25, 0.3) is 0 Å². The average Bonchev–Trinajstić information content (AvgIpc) is 2.82. The highest BCUT2D eigenvalue weighted by Gasteiger charge is 2.18. The van der Waals surface area contributed by atoms with Crippen molar-refractivity contribution in [3.05, 3.63) is 89.0 Å². The zero-order valence-corrected chi connectivity index (χ0v) is 22.1. The first-order chi connectivity index (χ1) is 17.1. The van der Waals surface area contributed by atoms with E-state index < -0.39 is 10.0 Å². The molecule has 36 heavy (non-hydrogen) atoms. The maximum absolute atomic E-state index is 13.2. The Hall–Kier alpha value is -3.42. The molecule has 0 unspecified atom stereocenters. The third-order valence-electron chi connectivity index (χ3n) is 6.33. The van der Waals surface area contributed by atoms with Gasteiger partial charge in [-0.15, -0.1) is 0 Å². The molecule has 1 heterocycles. The van der Waals surface area contributed by atoms with Crippen LogP contribution >= 0.6 is 0 Å². The molecule has 3 aromatic carbocycles. The molecule has 1 aliphatic rings. The molecule has 0 saturated carbocycles. The highest BCUT2D eigenvalue weighted by molar-refractivity contribution is 7.92. The van der Waals surface area contributed by atoms with Gasteiger partial charge in [-0.3, -0.25) is 9.52 Å². The molecule has 0 bridgehead atoms. The summed E-state index contributed by atoms with van der Waals surface area (Å²) in [6.07, 6.45) is 4.45. The number of ketones is 1. The molecular weight excluding hydrogens is 470 g/mol. The smallest absolute Gasteiger partial charge is 0.229 e. The number of para-hydroxylation sites is 1. The van der Waals surface area contributed by atoms with Gasteiger partial charge in [-0.05, 0) is 74.0 Å². The largest absolute Gasteiger partial charge is 0.368 e. The van der Waals surface area contributed by atoms with Crippen LogP contribution in [-0.2, 0) is 10.0 Å². The third kappa shape index (κ3) is 6.42. The fourth-order valence-electron chi connectivity index (χ4n) is 4.59. The number of carbonyl (C=O) groups is 1. The second kappa shape index (κ2) is 10.7. The molecule has 0 radical (unpaired) electrons. The van der Waals surface area contributed by atoms with Crippen LogP contribution < -0.4 is 9.62 Å². The van der Waals surface area contributed by atoms with Crippen molar-refractivity contribution in [2.24, 2.45) is 0 Å². The van der Waals surface area contributed by atoms with Crippen molar-refractivity contribution in [3.8, 4) is 11.1 Å². The van der Waals surface area contributed by atoms with Gasteiger partial charge >= 0.3 is 0 Å². The third-order valence-corrected chi connectivity index (χ3v) is 6.92. The van der Waals surface area contributed by atoms with Gasteiger partial charge in [-0.1, -0.05) is 47.5 Å². The number of nitrogens with zero attached hydrogens (tertiary/aromatic N) is 2. The van der Waals surface area contributed by atoms with Gasteiger partial charge in [0.15, 0.2) is 5.78 Å². The van der Waals surface area contributed by atoms with E-state index in [0.29, 0.717) is 5.56 Å². The molecule has 1 fully saturated rings. The summed E-state index contributed by atoms with van der Waals surface area (Å²) in [5.41, 5.74) is 7.27. The molecule has 1 saturated heterocycles. The molecule has 0 spiro atoms. The average molecular weight is 504 g/mol. The van der Waals surface area contributed by atoms with Gasteiger partial charge in [0, 0.05) is 37.4 Å². The van der Waals surface area contributed by atoms with E-state index in [1.807, 2.05) is 6.08 Å². The van der Waals surface area contributed by atoms with Crippen LogP contribution in [0, 0.1) is 13.8 Å². The summed E-state index contributed by atoms with van der Waals surface area (Å²) in [6.45, 7) is 7.97. The van der Waals surface area contributed by atoms with E-state index in [9.17, 15) is 13.2 Å². The van der Waals surface area contributed by atoms with E-state index in [2.05, 4.69) is 71.8 Å². The van der Waals surface area contributed by atoms with Crippen LogP contribution in [0.15, 0.2) is 66.7 Å². The summed E-state index contributed by atoms with van der Waals surface area (Å²) < 4.78 is 26.0. The molecule has 6 nitrogen and oxygen atoms in total. The Balaban J connectivity index is 1.72. The van der Waals surface area contributed by atoms with Crippen LogP contribution in [-0.4, -0.2) is 58.6 Å². The Morgan fingerprint density at radius 3 is 2.22 bits per heavy atom. The van der Waals surface area contributed by atoms with Crippen LogP contribution in [0.3, 0.4) is 0 Å². The van der Waals surface area contributed by atoms with Crippen molar-refractivity contribution in [1.82, 2.24) is 4.90 Å². The van der Waals surface area contributed by atoms with Crippen LogP contribution in [0.4, 0.5) is 11.4 Å². The first kappa shape index (κ1) is 25.7. The van der Waals surface area contributed by atoms with Crippen LogP contribution in [0.5, 0.6) is 0 Å². The minimum absolute atomic E-state index is 0.261. The molecule has 0 atom stereocenters. The highest BCUT2D eigenvalue weighted by atomic mass is 32.2. The van der Waals surface area contributed by atoms with E-state index in [4.69, 9.17) is 0 Å². The lowest BCUT2D eigenvalue weighted by Gasteiger charge is -2.35. The number of carbonyl (C=O) groups excluding carboxylic acids is 1. The molecule has 0 aliphatic carbocycles. The zero-order chi connectivity index (χ0) is 25.9. The van der Waals surface area contributed by atoms with Crippen LogP contribution in [0.2, 0.25) is 0 Å². The van der Waals surface area contributed by atoms with Crippen molar-refractivity contribution < 1.29 is 13.2 Å². The Morgan fingerprint density at radius 2 is 1.56 bits per heavy atom. The van der Waals surface area contributed by atoms with Crippen molar-refractivity contribution in [1.29, 1.82) is 0 Å². The molecule has 4 rings (SSSR count). The van der Waals surface area contributed by atoms with Crippen molar-refractivity contribution in [2.75, 3.05) is 49.1 Å². The maximum atomic E-state index is 13.2. The van der Waals surface area contributed by atoms with Gasteiger partial charge in [-0.25, -0.2) is 8.42 Å². The van der Waals surface area contributed by atoms with Crippen LogP contribution in [0.25, 0.3) is 17.2 Å². The van der Waals surface area contributed by atoms with Crippen LogP contribution in [0.1, 0.15) is 27.0 Å². The normalized spacial score (nSPS) is 14.8. The number of allylic oxidation sites excluding steroid dienone is 1. The molecule has 7 heteroatoms. The Bertz CT molecular complexity index is 1380. The lowest BCUT2D eigenvalue weighted by Crippen LogP contribution is -2.44. The number of sulfonamides is 1. The molecular formula is C29H33N3O3S. The Morgan fingerprint density at radius 1 is 0.889 bits per heavy atom. The SMILES string of the molecule is Cc1cc(C)cc(-c2ccc(N3CCN(C)CC3)c(C=CC(=O)c3ccccc3NS(C)(=O)=O)c2)c1. The lowest BCUT2D eigenvalue weighted by molar-refractivity contribution is 0.104. The number of nitrogens with one attached hydrogen (secondary N) is 1. The van der Waals surface area contributed by atoms with E-state index in [0.717, 1.165) is 54.8 Å². The zero-order valence-electron chi connectivity index (χ0n) is 21.3. The minimum Gasteiger partial charge on any atom is -0.368 e. The number of rotatable bonds is 7. The second-order valence-electron chi connectivity index (χ2n) is 9.56. The standard InChI is InChI=1S/C29H33N3O3S/c1-21-17-22(2)19-25(18-21)23-9-11-28(32-15-13-31(3)14-16-32)24(20-23)10-12-29(33)26-7-5-6-8-27(26)30-36(4,34)35/h5-12,17-20,30H,13-16H2,1-4H3. The molecule has 3 aromatic rings. The molecule has 1 aliphatic heterocycles. The number of benzene rings is 3. The lowest BCUT2D eigenvalue weighted by atomic mass is 9.97. The quantitative estimate of drug-likeness (QED) is 0.363. The van der Waals surface area contributed by atoms with Gasteiger partial charge in [0.2, 0.25) is 10.0 Å². The number of aryl methyl sites for hydroxylation is 2. The summed E-state index contributed by atoms with van der Waals surface area (Å²) in [6, 6.07) is 19.6. The molecule has 0 aromatic heterocycles. The van der Waals surface area contributed by atoms with Crippen molar-refractivity contribution in [2.45, 2.75) is 13.8 Å². The van der Waals surface area contributed by atoms with E-state index >= 15 is 0 Å². The minimum atomic E-state index is -3.51. The fraction of sp³-hybridized carbons (Fsp3) is 0.276. The van der Waals surface area contributed by atoms with Crippen molar-refractivity contribution in [3.63, 3.8) is 0 Å². The first-order valence-electron chi connectivity index (χ1n) is 12.0. The predicted octanol–water partition coefficient (Wildman–Crippen LogP) is 4.99. The first-order valence-corrected chi connectivity index (χ1v) is 13.9.